The predicted octanol–water partition coefficient (Wildman–Crippen LogP) is 3.44. The normalized spacial score (nSPS) is 19.6. The van der Waals surface area contributed by atoms with Crippen LogP contribution in [0.25, 0.3) is 11.0 Å². The number of pyridine rings is 1. The van der Waals surface area contributed by atoms with Gasteiger partial charge in [-0.2, -0.15) is 4.98 Å². The molecule has 0 aromatic carbocycles. The van der Waals surface area contributed by atoms with Crippen LogP contribution in [0.2, 0.25) is 0 Å². The third-order valence-corrected chi connectivity index (χ3v) is 7.37. The van der Waals surface area contributed by atoms with Gasteiger partial charge in [-0.15, -0.1) is 0 Å². The maximum absolute atomic E-state index is 12.9. The summed E-state index contributed by atoms with van der Waals surface area (Å²) in [6.07, 6.45) is 8.35. The molecule has 10 nitrogen and oxygen atoms in total. The number of nitrogens with one attached hydrogen (secondary N) is 1. The van der Waals surface area contributed by atoms with Gasteiger partial charge in [-0.05, 0) is 45.0 Å². The average molecular weight is 491 g/mol. The molecule has 1 saturated heterocycles. The molecule has 0 radical (unpaired) electrons. The average Bonchev–Trinajstić information content (AvgIpc) is 3.50. The molecule has 0 bridgehead atoms. The maximum Gasteiger partial charge on any atom is 0.270 e. The number of hydrogen-bond acceptors (Lipinski definition) is 7. The third-order valence-electron chi connectivity index (χ3n) is 7.37. The smallest absolute Gasteiger partial charge is 0.270 e. The number of hydrogen-bond donors (Lipinski definition) is 1. The number of carbonyl (C=O) groups is 2. The number of anilines is 3. The molecule has 1 saturated carbocycles. The second kappa shape index (κ2) is 9.85. The number of rotatable bonds is 5. The van der Waals surface area contributed by atoms with Gasteiger partial charge in [0.05, 0.1) is 11.9 Å². The van der Waals surface area contributed by atoms with Crippen LogP contribution < -0.4 is 10.2 Å². The van der Waals surface area contributed by atoms with Gasteiger partial charge in [0.25, 0.3) is 5.91 Å². The van der Waals surface area contributed by atoms with E-state index in [1.165, 1.54) is 0 Å². The first kappa shape index (κ1) is 24.2. The van der Waals surface area contributed by atoms with Crippen molar-refractivity contribution >= 4 is 40.3 Å². The van der Waals surface area contributed by atoms with Crippen LogP contribution in [-0.2, 0) is 4.79 Å². The Morgan fingerprint density at radius 2 is 1.92 bits per heavy atom. The van der Waals surface area contributed by atoms with Crippen LogP contribution in [0.3, 0.4) is 0 Å². The van der Waals surface area contributed by atoms with E-state index in [0.29, 0.717) is 30.4 Å². The molecule has 1 aliphatic heterocycles. The van der Waals surface area contributed by atoms with Crippen LogP contribution in [0.15, 0.2) is 30.6 Å². The van der Waals surface area contributed by atoms with E-state index in [1.54, 1.807) is 31.4 Å². The molecular weight excluding hydrogens is 456 g/mol. The zero-order valence-electron chi connectivity index (χ0n) is 21.4. The Morgan fingerprint density at radius 1 is 1.14 bits per heavy atom. The summed E-state index contributed by atoms with van der Waals surface area (Å²) >= 11 is 0. The van der Waals surface area contributed by atoms with Crippen molar-refractivity contribution in [1.29, 1.82) is 0 Å². The van der Waals surface area contributed by atoms with Gasteiger partial charge in [0.1, 0.15) is 17.2 Å². The van der Waals surface area contributed by atoms with Gasteiger partial charge in [-0.1, -0.05) is 12.8 Å². The first-order chi connectivity index (χ1) is 17.3. The molecule has 0 spiro atoms. The van der Waals surface area contributed by atoms with Crippen molar-refractivity contribution in [3.05, 3.63) is 36.3 Å². The number of aromatic nitrogens is 4. The molecule has 2 aliphatic rings. The molecule has 1 aliphatic carbocycles. The Hall–Kier alpha value is -3.53. The van der Waals surface area contributed by atoms with Gasteiger partial charge in [-0.25, -0.2) is 9.97 Å². The molecule has 36 heavy (non-hydrogen) atoms. The SMILES string of the molecule is C[C@@H]1CN(c2ccc(Nc3ncc4cc(C(=O)N(C)C)n(C5CCCC5)c4n3)nc2)C(=O)CCN1C. The van der Waals surface area contributed by atoms with Crippen LogP contribution in [0.5, 0.6) is 0 Å². The third kappa shape index (κ3) is 4.65. The number of amides is 2. The first-order valence-corrected chi connectivity index (χ1v) is 12.6. The highest BCUT2D eigenvalue weighted by Gasteiger charge is 2.27. The molecule has 0 unspecified atom stereocenters. The fraction of sp³-hybridized carbons (Fsp3) is 0.500. The second-order valence-corrected chi connectivity index (χ2v) is 10.1. The van der Waals surface area contributed by atoms with Crippen LogP contribution >= 0.6 is 0 Å². The number of carbonyl (C=O) groups excluding carboxylic acids is 2. The molecule has 3 aromatic heterocycles. The highest BCUT2D eigenvalue weighted by atomic mass is 16.2. The molecule has 4 heterocycles. The van der Waals surface area contributed by atoms with E-state index in [-0.39, 0.29) is 23.9 Å². The van der Waals surface area contributed by atoms with Crippen molar-refractivity contribution < 1.29 is 9.59 Å². The lowest BCUT2D eigenvalue weighted by atomic mass is 10.2. The zero-order chi connectivity index (χ0) is 25.4. The predicted molar refractivity (Wildman–Crippen MR) is 140 cm³/mol. The summed E-state index contributed by atoms with van der Waals surface area (Å²) in [5.74, 6) is 1.09. The van der Waals surface area contributed by atoms with E-state index in [0.717, 1.165) is 48.9 Å². The van der Waals surface area contributed by atoms with E-state index in [2.05, 4.69) is 31.7 Å². The van der Waals surface area contributed by atoms with E-state index in [1.807, 2.05) is 30.1 Å². The highest BCUT2D eigenvalue weighted by molar-refractivity contribution is 5.98. The molecular formula is C26H34N8O2. The topological polar surface area (TPSA) is 99.5 Å². The Balaban J connectivity index is 1.41. The van der Waals surface area contributed by atoms with E-state index in [9.17, 15) is 9.59 Å². The Morgan fingerprint density at radius 3 is 2.61 bits per heavy atom. The number of fused-ring (bicyclic) bond motifs is 1. The van der Waals surface area contributed by atoms with Crippen LogP contribution in [0, 0.1) is 0 Å². The highest BCUT2D eigenvalue weighted by Crippen LogP contribution is 2.35. The van der Waals surface area contributed by atoms with Crippen molar-refractivity contribution in [2.45, 2.75) is 51.1 Å². The molecule has 1 N–H and O–H groups in total. The summed E-state index contributed by atoms with van der Waals surface area (Å²) in [7, 11) is 5.59. The number of likely N-dealkylation sites (N-methyl/N-ethyl adjacent to an activating group) is 1. The maximum atomic E-state index is 12.9. The standard InChI is InChI=1S/C26H34N8O2/c1-17-16-33(23(35)11-12-32(17)4)20-9-10-22(27-15-20)29-26-28-14-18-13-21(25(36)31(2)3)34(24(18)30-26)19-7-5-6-8-19/h9-10,13-15,17,19H,5-8,11-12,16H2,1-4H3,(H,27,28,29,30)/t17-/m1/s1. The van der Waals surface area contributed by atoms with E-state index in [4.69, 9.17) is 4.98 Å². The summed E-state index contributed by atoms with van der Waals surface area (Å²) in [5, 5.41) is 4.04. The number of nitrogens with zero attached hydrogens (tertiary/aromatic N) is 7. The minimum Gasteiger partial charge on any atom is -0.343 e. The van der Waals surface area contributed by atoms with Crippen molar-refractivity contribution in [3.8, 4) is 0 Å². The summed E-state index contributed by atoms with van der Waals surface area (Å²) in [6, 6.07) is 6.17. The quantitative estimate of drug-likeness (QED) is 0.585. The first-order valence-electron chi connectivity index (χ1n) is 12.6. The summed E-state index contributed by atoms with van der Waals surface area (Å²) in [6.45, 7) is 3.52. The van der Waals surface area contributed by atoms with Crippen molar-refractivity contribution in [2.75, 3.05) is 44.4 Å². The fourth-order valence-electron chi connectivity index (χ4n) is 5.11. The van der Waals surface area contributed by atoms with Gasteiger partial charge in [0, 0.05) is 57.3 Å². The Labute approximate surface area is 211 Å². The van der Waals surface area contributed by atoms with Gasteiger partial charge < -0.3 is 24.6 Å². The van der Waals surface area contributed by atoms with Crippen molar-refractivity contribution in [2.24, 2.45) is 0 Å². The fourth-order valence-corrected chi connectivity index (χ4v) is 5.11. The molecule has 3 aromatic rings. The molecule has 190 valence electrons. The lowest BCUT2D eigenvalue weighted by Gasteiger charge is -2.25. The second-order valence-electron chi connectivity index (χ2n) is 10.1. The minimum atomic E-state index is -0.0322. The van der Waals surface area contributed by atoms with Gasteiger partial charge in [0.15, 0.2) is 0 Å². The molecule has 2 fully saturated rings. The molecule has 10 heteroatoms. The van der Waals surface area contributed by atoms with Crippen LogP contribution in [-0.4, -0.2) is 81.4 Å². The molecule has 2 amide bonds. The Bertz CT molecular complexity index is 1260. The largest absolute Gasteiger partial charge is 0.343 e. The monoisotopic (exact) mass is 490 g/mol. The van der Waals surface area contributed by atoms with Gasteiger partial charge in [-0.3, -0.25) is 9.59 Å². The van der Waals surface area contributed by atoms with Crippen LogP contribution in [0.1, 0.15) is 55.6 Å². The zero-order valence-corrected chi connectivity index (χ0v) is 21.4. The summed E-state index contributed by atoms with van der Waals surface area (Å²) < 4.78 is 2.09. The molecule has 1 atom stereocenters. The Kier molecular flexibility index (Phi) is 6.61. The lowest BCUT2D eigenvalue weighted by Crippen LogP contribution is -2.38. The lowest BCUT2D eigenvalue weighted by molar-refractivity contribution is -0.118. The van der Waals surface area contributed by atoms with Gasteiger partial charge >= 0.3 is 0 Å². The van der Waals surface area contributed by atoms with E-state index >= 15 is 0 Å². The molecule has 5 rings (SSSR count). The van der Waals surface area contributed by atoms with Crippen LogP contribution in [0.4, 0.5) is 17.5 Å². The van der Waals surface area contributed by atoms with Gasteiger partial charge in [0.2, 0.25) is 11.9 Å². The van der Waals surface area contributed by atoms with Crippen molar-refractivity contribution in [1.82, 2.24) is 29.3 Å². The van der Waals surface area contributed by atoms with E-state index < -0.39 is 0 Å². The summed E-state index contributed by atoms with van der Waals surface area (Å²) in [4.78, 5) is 45.0. The minimum absolute atomic E-state index is 0.0322. The van der Waals surface area contributed by atoms with Crippen molar-refractivity contribution in [3.63, 3.8) is 0 Å². The summed E-state index contributed by atoms with van der Waals surface area (Å²) in [5.41, 5.74) is 2.19.